The molecule has 1 aliphatic rings. The number of nitrogens with zero attached hydrogens (tertiary/aromatic N) is 3. The lowest BCUT2D eigenvalue weighted by Crippen LogP contribution is -2.26. The highest BCUT2D eigenvalue weighted by molar-refractivity contribution is 6.45. The van der Waals surface area contributed by atoms with Crippen LogP contribution in [0.2, 0.25) is 10.0 Å². The van der Waals surface area contributed by atoms with Crippen LogP contribution in [-0.4, -0.2) is 44.1 Å². The monoisotopic (exact) mass is 393 g/mol. The summed E-state index contributed by atoms with van der Waals surface area (Å²) in [5.41, 5.74) is 3.88. The Morgan fingerprint density at radius 3 is 2.92 bits per heavy atom. The van der Waals surface area contributed by atoms with Crippen LogP contribution in [0.3, 0.4) is 0 Å². The van der Waals surface area contributed by atoms with Crippen molar-refractivity contribution in [2.24, 2.45) is 7.05 Å². The summed E-state index contributed by atoms with van der Waals surface area (Å²) in [5.74, 6) is -0.0952. The maximum absolute atomic E-state index is 12.3. The number of rotatable bonds is 3. The fraction of sp³-hybridized carbons (Fsp3) is 0.353. The van der Waals surface area contributed by atoms with Crippen LogP contribution >= 0.6 is 23.2 Å². The van der Waals surface area contributed by atoms with Gasteiger partial charge in [-0.2, -0.15) is 15.0 Å². The number of halogens is 2. The summed E-state index contributed by atoms with van der Waals surface area (Å²) in [5, 5.41) is 22.5. The van der Waals surface area contributed by atoms with Crippen LogP contribution in [0.1, 0.15) is 23.6 Å². The van der Waals surface area contributed by atoms with E-state index in [0.717, 1.165) is 22.2 Å². The maximum Gasteiger partial charge on any atom is 0.224 e. The molecule has 0 bridgehead atoms. The van der Waals surface area contributed by atoms with Crippen molar-refractivity contribution in [1.82, 2.24) is 25.3 Å². The quantitative estimate of drug-likeness (QED) is 0.636. The van der Waals surface area contributed by atoms with Crippen LogP contribution in [0.15, 0.2) is 12.3 Å². The average Bonchev–Trinajstić information content (AvgIpc) is 3.16. The van der Waals surface area contributed by atoms with Gasteiger partial charge in [-0.25, -0.2) is 0 Å². The lowest BCUT2D eigenvalue weighted by Gasteiger charge is -2.13. The lowest BCUT2D eigenvalue weighted by atomic mass is 9.95. The van der Waals surface area contributed by atoms with Gasteiger partial charge < -0.3 is 15.4 Å². The van der Waals surface area contributed by atoms with Gasteiger partial charge in [0.05, 0.1) is 28.2 Å². The molecule has 2 aromatic heterocycles. The number of fused-ring (bicyclic) bond motifs is 3. The second-order valence-corrected chi connectivity index (χ2v) is 7.18. The van der Waals surface area contributed by atoms with E-state index in [0.29, 0.717) is 34.2 Å². The Bertz CT molecular complexity index is 1010. The summed E-state index contributed by atoms with van der Waals surface area (Å²) < 4.78 is 0. The Labute approximate surface area is 159 Å². The summed E-state index contributed by atoms with van der Waals surface area (Å²) in [6, 6.07) is 1.76. The number of hydrogen-bond acceptors (Lipinski definition) is 4. The van der Waals surface area contributed by atoms with Crippen molar-refractivity contribution >= 4 is 40.0 Å². The van der Waals surface area contributed by atoms with Gasteiger partial charge in [-0.3, -0.25) is 4.79 Å². The number of aromatic amines is 1. The van der Waals surface area contributed by atoms with E-state index in [1.165, 1.54) is 4.80 Å². The summed E-state index contributed by atoms with van der Waals surface area (Å²) >= 11 is 12.8. The van der Waals surface area contributed by atoms with Crippen LogP contribution in [-0.2, 0) is 18.3 Å². The number of nitrogens with one attached hydrogen (secondary N) is 2. The Morgan fingerprint density at radius 2 is 2.23 bits per heavy atom. The number of H-pyrrole nitrogens is 1. The standard InChI is InChI=1S/C17H17Cl2N5O2/c1-24-21-7-12(23-24)9-4-11(18)15(19)17-14(9)10-5-13(26)20-6-8(2-3-25)16(10)22-17/h4,7-8,22,25H,2-3,5-6H2,1H3,(H,20,26)/t8-/m1/s1. The molecule has 1 amide bonds. The van der Waals surface area contributed by atoms with Crippen molar-refractivity contribution in [3.8, 4) is 11.3 Å². The highest BCUT2D eigenvalue weighted by Gasteiger charge is 2.29. The molecule has 3 N–H and O–H groups in total. The molecule has 0 aliphatic carbocycles. The van der Waals surface area contributed by atoms with E-state index in [9.17, 15) is 9.90 Å². The van der Waals surface area contributed by atoms with Gasteiger partial charge in [0.1, 0.15) is 5.69 Å². The Kier molecular flexibility index (Phi) is 4.38. The zero-order valence-electron chi connectivity index (χ0n) is 14.0. The second-order valence-electron chi connectivity index (χ2n) is 6.40. The van der Waals surface area contributed by atoms with Crippen molar-refractivity contribution in [2.45, 2.75) is 18.8 Å². The molecule has 9 heteroatoms. The highest BCUT2D eigenvalue weighted by Crippen LogP contribution is 2.42. The predicted molar refractivity (Wildman–Crippen MR) is 99.5 cm³/mol. The molecule has 0 fully saturated rings. The fourth-order valence-electron chi connectivity index (χ4n) is 3.57. The fourth-order valence-corrected chi connectivity index (χ4v) is 3.97. The van der Waals surface area contributed by atoms with Gasteiger partial charge in [-0.05, 0) is 18.1 Å². The molecule has 3 heterocycles. The molecule has 26 heavy (non-hydrogen) atoms. The molecule has 0 saturated heterocycles. The molecule has 1 aromatic carbocycles. The van der Waals surface area contributed by atoms with Crippen molar-refractivity contribution in [1.29, 1.82) is 0 Å². The maximum atomic E-state index is 12.3. The zero-order chi connectivity index (χ0) is 18.4. The number of aryl methyl sites for hydroxylation is 1. The summed E-state index contributed by atoms with van der Waals surface area (Å²) in [6.45, 7) is 0.492. The van der Waals surface area contributed by atoms with Crippen molar-refractivity contribution in [3.63, 3.8) is 0 Å². The van der Waals surface area contributed by atoms with E-state index in [-0.39, 0.29) is 24.9 Å². The Morgan fingerprint density at radius 1 is 1.42 bits per heavy atom. The summed E-state index contributed by atoms with van der Waals surface area (Å²) in [6.07, 6.45) is 2.41. The number of carbonyl (C=O) groups is 1. The molecule has 0 saturated carbocycles. The van der Waals surface area contributed by atoms with E-state index in [1.807, 2.05) is 0 Å². The highest BCUT2D eigenvalue weighted by atomic mass is 35.5. The van der Waals surface area contributed by atoms with Crippen LogP contribution in [0, 0.1) is 0 Å². The molecular formula is C17H17Cl2N5O2. The number of aromatic nitrogens is 4. The molecule has 0 unspecified atom stereocenters. The van der Waals surface area contributed by atoms with Crippen LogP contribution in [0.25, 0.3) is 22.2 Å². The first kappa shape index (κ1) is 17.3. The minimum Gasteiger partial charge on any atom is -0.396 e. The molecule has 0 radical (unpaired) electrons. The molecule has 1 atom stereocenters. The molecule has 4 rings (SSSR count). The largest absolute Gasteiger partial charge is 0.396 e. The van der Waals surface area contributed by atoms with E-state index >= 15 is 0 Å². The van der Waals surface area contributed by atoms with Gasteiger partial charge in [-0.15, -0.1) is 0 Å². The van der Waals surface area contributed by atoms with E-state index in [1.54, 1.807) is 19.3 Å². The first-order chi connectivity index (χ1) is 12.5. The first-order valence-corrected chi connectivity index (χ1v) is 9.02. The van der Waals surface area contributed by atoms with Crippen molar-refractivity contribution < 1.29 is 9.90 Å². The van der Waals surface area contributed by atoms with Gasteiger partial charge in [-0.1, -0.05) is 23.2 Å². The SMILES string of the molecule is Cn1ncc(-c2cc(Cl)c(Cl)c3[nH]c4c(c23)CC(=O)NC[C@H]4CCO)n1. The minimum absolute atomic E-state index is 0.0286. The van der Waals surface area contributed by atoms with Gasteiger partial charge in [0.2, 0.25) is 5.91 Å². The van der Waals surface area contributed by atoms with Crippen LogP contribution < -0.4 is 5.32 Å². The van der Waals surface area contributed by atoms with Gasteiger partial charge in [0.25, 0.3) is 0 Å². The van der Waals surface area contributed by atoms with E-state index in [2.05, 4.69) is 20.5 Å². The third-order valence-corrected chi connectivity index (χ3v) is 5.54. The van der Waals surface area contributed by atoms with E-state index in [4.69, 9.17) is 23.2 Å². The number of amides is 1. The topological polar surface area (TPSA) is 95.8 Å². The van der Waals surface area contributed by atoms with Crippen LogP contribution in [0.4, 0.5) is 0 Å². The lowest BCUT2D eigenvalue weighted by molar-refractivity contribution is -0.120. The van der Waals surface area contributed by atoms with Gasteiger partial charge in [0, 0.05) is 42.8 Å². The molecule has 7 nitrogen and oxygen atoms in total. The van der Waals surface area contributed by atoms with Crippen molar-refractivity contribution in [3.05, 3.63) is 33.6 Å². The minimum atomic E-state index is -0.0660. The Hall–Kier alpha value is -2.09. The van der Waals surface area contributed by atoms with Crippen LogP contribution in [0.5, 0.6) is 0 Å². The normalized spacial score (nSPS) is 17.2. The average molecular weight is 394 g/mol. The van der Waals surface area contributed by atoms with Crippen molar-refractivity contribution in [2.75, 3.05) is 13.2 Å². The van der Waals surface area contributed by atoms with E-state index < -0.39 is 0 Å². The third-order valence-electron chi connectivity index (χ3n) is 4.75. The van der Waals surface area contributed by atoms with Gasteiger partial charge in [0.15, 0.2) is 0 Å². The number of hydrogen-bond donors (Lipinski definition) is 3. The molecular weight excluding hydrogens is 377 g/mol. The Balaban J connectivity index is 2.05. The number of benzene rings is 1. The van der Waals surface area contributed by atoms with Gasteiger partial charge >= 0.3 is 0 Å². The first-order valence-electron chi connectivity index (χ1n) is 8.26. The summed E-state index contributed by atoms with van der Waals surface area (Å²) in [4.78, 5) is 17.1. The predicted octanol–water partition coefficient (Wildman–Crippen LogP) is 2.41. The zero-order valence-corrected chi connectivity index (χ0v) is 15.5. The third kappa shape index (κ3) is 2.76. The molecule has 1 aliphatic heterocycles. The molecule has 136 valence electrons. The molecule has 0 spiro atoms. The summed E-state index contributed by atoms with van der Waals surface area (Å²) in [7, 11) is 1.74. The number of carbonyl (C=O) groups excluding carboxylic acids is 1. The number of aliphatic hydroxyl groups excluding tert-OH is 1. The second kappa shape index (κ2) is 6.57. The molecule has 3 aromatic rings. The number of aliphatic hydroxyl groups is 1. The smallest absolute Gasteiger partial charge is 0.224 e.